The van der Waals surface area contributed by atoms with Crippen LogP contribution < -0.4 is 10.9 Å². The van der Waals surface area contributed by atoms with Gasteiger partial charge in [-0.3, -0.25) is 20.4 Å². The molecule has 0 aliphatic rings. The molecular formula is C23H19N3O2. The zero-order valence-corrected chi connectivity index (χ0v) is 15.1. The van der Waals surface area contributed by atoms with E-state index in [0.29, 0.717) is 5.56 Å². The second-order valence-corrected chi connectivity index (χ2v) is 6.47. The Kier molecular flexibility index (Phi) is 4.89. The van der Waals surface area contributed by atoms with Crippen LogP contribution in [0.5, 0.6) is 0 Å². The highest BCUT2D eigenvalue weighted by Crippen LogP contribution is 2.16. The van der Waals surface area contributed by atoms with E-state index in [4.69, 9.17) is 0 Å². The fraction of sp³-hybridized carbons (Fsp3) is 0.0435. The first-order chi connectivity index (χ1) is 13.7. The highest BCUT2D eigenvalue weighted by Gasteiger charge is 2.13. The Morgan fingerprint density at radius 1 is 0.750 bits per heavy atom. The third-order valence-corrected chi connectivity index (χ3v) is 4.53. The van der Waals surface area contributed by atoms with E-state index in [9.17, 15) is 9.59 Å². The number of fused-ring (bicyclic) bond motifs is 1. The Balaban J connectivity index is 1.41. The highest BCUT2D eigenvalue weighted by atomic mass is 16.2. The van der Waals surface area contributed by atoms with Crippen molar-refractivity contribution in [1.82, 2.24) is 15.4 Å². The van der Waals surface area contributed by atoms with E-state index in [1.807, 2.05) is 83.7 Å². The molecule has 0 fully saturated rings. The maximum atomic E-state index is 12.6. The van der Waals surface area contributed by atoms with Crippen molar-refractivity contribution in [2.75, 3.05) is 0 Å². The molecular weight excluding hydrogens is 350 g/mol. The summed E-state index contributed by atoms with van der Waals surface area (Å²) in [7, 11) is 0. The summed E-state index contributed by atoms with van der Waals surface area (Å²) in [5.41, 5.74) is 7.12. The Bertz CT molecular complexity index is 1130. The molecule has 0 aliphatic carbocycles. The van der Waals surface area contributed by atoms with Crippen LogP contribution in [0.25, 0.3) is 16.5 Å². The normalized spacial score (nSPS) is 10.6. The first-order valence-electron chi connectivity index (χ1n) is 9.00. The van der Waals surface area contributed by atoms with Gasteiger partial charge in [-0.15, -0.1) is 0 Å². The molecule has 0 spiro atoms. The predicted molar refractivity (Wildman–Crippen MR) is 109 cm³/mol. The van der Waals surface area contributed by atoms with E-state index < -0.39 is 0 Å². The molecule has 3 aromatic carbocycles. The minimum Gasteiger partial charge on any atom is -0.323 e. The van der Waals surface area contributed by atoms with Crippen LogP contribution in [-0.4, -0.2) is 16.4 Å². The van der Waals surface area contributed by atoms with Crippen LogP contribution in [-0.2, 0) is 11.2 Å². The molecule has 2 amide bonds. The van der Waals surface area contributed by atoms with Gasteiger partial charge in [0.15, 0.2) is 0 Å². The number of nitrogens with one attached hydrogen (secondary N) is 2. The van der Waals surface area contributed by atoms with Gasteiger partial charge in [-0.25, -0.2) is 0 Å². The first-order valence-corrected chi connectivity index (χ1v) is 9.00. The predicted octanol–water partition coefficient (Wildman–Crippen LogP) is 3.63. The van der Waals surface area contributed by atoms with Crippen LogP contribution in [0, 0.1) is 0 Å². The molecule has 0 radical (unpaired) electrons. The Labute approximate surface area is 162 Å². The maximum Gasteiger partial charge on any atom is 0.271 e. The van der Waals surface area contributed by atoms with E-state index in [1.54, 1.807) is 12.1 Å². The van der Waals surface area contributed by atoms with Gasteiger partial charge in [-0.05, 0) is 40.6 Å². The van der Waals surface area contributed by atoms with Crippen LogP contribution >= 0.6 is 0 Å². The number of hydrazine groups is 1. The molecule has 1 heterocycles. The number of rotatable bonds is 4. The standard InChI is InChI=1S/C23H19N3O2/c27-22(16-17-11-12-18-7-1-2-8-19(18)15-17)24-25-23(28)20-9-3-4-10-21(20)26-13-5-6-14-26/h1-15H,16H2,(H,24,27)(H,25,28). The van der Waals surface area contributed by atoms with Gasteiger partial charge < -0.3 is 4.57 Å². The van der Waals surface area contributed by atoms with Crippen molar-refractivity contribution in [3.63, 3.8) is 0 Å². The van der Waals surface area contributed by atoms with Crippen LogP contribution in [0.3, 0.4) is 0 Å². The van der Waals surface area contributed by atoms with Crippen molar-refractivity contribution in [2.24, 2.45) is 0 Å². The number of carbonyl (C=O) groups is 2. The number of nitrogens with zero attached hydrogens (tertiary/aromatic N) is 1. The van der Waals surface area contributed by atoms with Gasteiger partial charge in [0.05, 0.1) is 17.7 Å². The number of benzene rings is 3. The number of hydrogen-bond donors (Lipinski definition) is 2. The minimum atomic E-state index is -0.365. The number of hydrogen-bond acceptors (Lipinski definition) is 2. The Morgan fingerprint density at radius 3 is 2.29 bits per heavy atom. The molecule has 0 saturated carbocycles. The minimum absolute atomic E-state index is 0.185. The molecule has 138 valence electrons. The summed E-state index contributed by atoms with van der Waals surface area (Å²) in [4.78, 5) is 24.8. The second-order valence-electron chi connectivity index (χ2n) is 6.47. The summed E-state index contributed by atoms with van der Waals surface area (Å²) in [6, 6.07) is 24.9. The van der Waals surface area contributed by atoms with Gasteiger partial charge in [0.25, 0.3) is 5.91 Å². The summed E-state index contributed by atoms with van der Waals surface area (Å²) < 4.78 is 1.85. The van der Waals surface area contributed by atoms with Gasteiger partial charge in [0, 0.05) is 12.4 Å². The Hall–Kier alpha value is -3.86. The SMILES string of the molecule is O=C(Cc1ccc2ccccc2c1)NNC(=O)c1ccccc1-n1cccc1. The quantitative estimate of drug-likeness (QED) is 0.540. The molecule has 0 aliphatic heterocycles. The molecule has 5 nitrogen and oxygen atoms in total. The lowest BCUT2D eigenvalue weighted by atomic mass is 10.1. The number of amides is 2. The molecule has 5 heteroatoms. The third kappa shape index (κ3) is 3.78. The van der Waals surface area contributed by atoms with E-state index in [1.165, 1.54) is 0 Å². The first kappa shape index (κ1) is 17.5. The summed E-state index contributed by atoms with van der Waals surface area (Å²) in [6.45, 7) is 0. The average molecular weight is 369 g/mol. The average Bonchev–Trinajstić information content (AvgIpc) is 3.27. The summed E-state index contributed by atoms with van der Waals surface area (Å²) in [5.74, 6) is -0.641. The maximum absolute atomic E-state index is 12.6. The topological polar surface area (TPSA) is 63.1 Å². The molecule has 0 saturated heterocycles. The van der Waals surface area contributed by atoms with Crippen molar-refractivity contribution in [2.45, 2.75) is 6.42 Å². The largest absolute Gasteiger partial charge is 0.323 e. The zero-order chi connectivity index (χ0) is 19.3. The Morgan fingerprint density at radius 2 is 1.46 bits per heavy atom. The van der Waals surface area contributed by atoms with E-state index >= 15 is 0 Å². The van der Waals surface area contributed by atoms with E-state index in [2.05, 4.69) is 10.9 Å². The van der Waals surface area contributed by atoms with Gasteiger partial charge in [0.2, 0.25) is 5.91 Å². The van der Waals surface area contributed by atoms with Crippen LogP contribution in [0.4, 0.5) is 0 Å². The van der Waals surface area contributed by atoms with Crippen LogP contribution in [0.2, 0.25) is 0 Å². The molecule has 0 bridgehead atoms. The highest BCUT2D eigenvalue weighted by molar-refractivity contribution is 5.98. The monoisotopic (exact) mass is 369 g/mol. The molecule has 0 unspecified atom stereocenters. The summed E-state index contributed by atoms with van der Waals surface area (Å²) in [5, 5.41) is 2.21. The van der Waals surface area contributed by atoms with Crippen molar-refractivity contribution >= 4 is 22.6 Å². The summed E-state index contributed by atoms with van der Waals surface area (Å²) >= 11 is 0. The lowest BCUT2D eigenvalue weighted by molar-refractivity contribution is -0.121. The molecule has 4 rings (SSSR count). The van der Waals surface area contributed by atoms with E-state index in [0.717, 1.165) is 22.0 Å². The summed E-state index contributed by atoms with van der Waals surface area (Å²) in [6.07, 6.45) is 3.92. The fourth-order valence-corrected chi connectivity index (χ4v) is 3.16. The van der Waals surface area contributed by atoms with Crippen molar-refractivity contribution < 1.29 is 9.59 Å². The van der Waals surface area contributed by atoms with Crippen molar-refractivity contribution in [1.29, 1.82) is 0 Å². The van der Waals surface area contributed by atoms with Gasteiger partial charge in [-0.2, -0.15) is 0 Å². The molecule has 28 heavy (non-hydrogen) atoms. The smallest absolute Gasteiger partial charge is 0.271 e. The van der Waals surface area contributed by atoms with Gasteiger partial charge in [0.1, 0.15) is 0 Å². The van der Waals surface area contributed by atoms with Gasteiger partial charge in [-0.1, -0.05) is 54.6 Å². The molecule has 0 atom stereocenters. The molecule has 4 aromatic rings. The second kappa shape index (κ2) is 7.80. The van der Waals surface area contributed by atoms with Crippen LogP contribution in [0.1, 0.15) is 15.9 Å². The van der Waals surface area contributed by atoms with Gasteiger partial charge >= 0.3 is 0 Å². The number of para-hydroxylation sites is 1. The fourth-order valence-electron chi connectivity index (χ4n) is 3.16. The van der Waals surface area contributed by atoms with E-state index in [-0.39, 0.29) is 18.2 Å². The molecule has 1 aromatic heterocycles. The van der Waals surface area contributed by atoms with Crippen LogP contribution in [0.15, 0.2) is 91.3 Å². The lowest BCUT2D eigenvalue weighted by Gasteiger charge is -2.12. The van der Waals surface area contributed by atoms with Crippen molar-refractivity contribution in [3.8, 4) is 5.69 Å². The lowest BCUT2D eigenvalue weighted by Crippen LogP contribution is -2.42. The third-order valence-electron chi connectivity index (χ3n) is 4.53. The number of aromatic nitrogens is 1. The molecule has 2 N–H and O–H groups in total. The number of carbonyl (C=O) groups excluding carboxylic acids is 2. The van der Waals surface area contributed by atoms with Crippen molar-refractivity contribution in [3.05, 3.63) is 102 Å². The zero-order valence-electron chi connectivity index (χ0n) is 15.1.